The minimum atomic E-state index is -0.517. The Morgan fingerprint density at radius 2 is 1.90 bits per heavy atom. The first-order chi connectivity index (χ1) is 13.9. The van der Waals surface area contributed by atoms with Gasteiger partial charge in [-0.1, -0.05) is 35.1 Å². The van der Waals surface area contributed by atoms with Crippen LogP contribution in [-0.4, -0.2) is 56.7 Å². The third-order valence-electron chi connectivity index (χ3n) is 4.16. The highest BCUT2D eigenvalue weighted by Crippen LogP contribution is 2.38. The molecule has 2 aromatic carbocycles. The number of benzene rings is 2. The molecule has 0 saturated heterocycles. The first kappa shape index (κ1) is 24.1. The number of anilines is 1. The number of carbonyl (C=O) groups excluding carboxylic acids is 1. The Labute approximate surface area is 189 Å². The van der Waals surface area contributed by atoms with E-state index in [-0.39, 0.29) is 30.7 Å². The smallest absolute Gasteiger partial charge is 0.266 e. The molecule has 6 nitrogen and oxygen atoms in total. The summed E-state index contributed by atoms with van der Waals surface area (Å²) in [4.78, 5) is 21.0. The van der Waals surface area contributed by atoms with Gasteiger partial charge in [0.1, 0.15) is 11.3 Å². The van der Waals surface area contributed by atoms with Gasteiger partial charge in [-0.2, -0.15) is 0 Å². The summed E-state index contributed by atoms with van der Waals surface area (Å²) in [6.45, 7) is 0.702. The molecule has 162 valence electrons. The molecule has 3 aromatic rings. The Morgan fingerprint density at radius 1 is 1.17 bits per heavy atom. The molecule has 0 fully saturated rings. The molecule has 30 heavy (non-hydrogen) atoms. The first-order valence-electron chi connectivity index (χ1n) is 8.86. The molecule has 1 heterocycles. The van der Waals surface area contributed by atoms with Gasteiger partial charge in [0, 0.05) is 13.1 Å². The normalized spacial score (nSPS) is 10.7. The molecule has 3 rings (SSSR count). The Kier molecular flexibility index (Phi) is 8.66. The molecule has 0 saturated carbocycles. The number of thiazole rings is 1. The van der Waals surface area contributed by atoms with Crippen molar-refractivity contribution in [3.63, 3.8) is 0 Å². The fourth-order valence-electron chi connectivity index (χ4n) is 2.63. The molecule has 0 atom stereocenters. The predicted octanol–water partition coefficient (Wildman–Crippen LogP) is 4.49. The van der Waals surface area contributed by atoms with E-state index in [0.717, 1.165) is 4.70 Å². The highest BCUT2D eigenvalue weighted by Gasteiger charge is 2.23. The van der Waals surface area contributed by atoms with Gasteiger partial charge >= 0.3 is 0 Å². The maximum Gasteiger partial charge on any atom is 0.266 e. The van der Waals surface area contributed by atoms with Crippen LogP contribution in [0.5, 0.6) is 11.5 Å². The number of amides is 1. The third-order valence-corrected chi connectivity index (χ3v) is 5.70. The molecule has 0 aliphatic rings. The molecule has 0 unspecified atom stereocenters. The van der Waals surface area contributed by atoms with Crippen molar-refractivity contribution in [1.29, 1.82) is 0 Å². The maximum absolute atomic E-state index is 13.8. The second-order valence-electron chi connectivity index (χ2n) is 6.49. The average Bonchev–Trinajstić information content (AvgIpc) is 3.13. The Balaban J connectivity index is 0.00000320. The Bertz CT molecular complexity index is 1020. The van der Waals surface area contributed by atoms with Crippen molar-refractivity contribution in [3.8, 4) is 11.5 Å². The van der Waals surface area contributed by atoms with Gasteiger partial charge in [-0.15, -0.1) is 12.4 Å². The summed E-state index contributed by atoms with van der Waals surface area (Å²) in [5.41, 5.74) is 0.595. The van der Waals surface area contributed by atoms with Crippen LogP contribution in [0.2, 0.25) is 5.02 Å². The number of rotatable bonds is 8. The second-order valence-corrected chi connectivity index (χ2v) is 7.88. The van der Waals surface area contributed by atoms with E-state index in [0.29, 0.717) is 34.5 Å². The van der Waals surface area contributed by atoms with Crippen LogP contribution >= 0.6 is 35.3 Å². The number of para-hydroxylation sites is 1. The van der Waals surface area contributed by atoms with Crippen LogP contribution in [0.15, 0.2) is 36.4 Å². The lowest BCUT2D eigenvalue weighted by Crippen LogP contribution is -2.39. The zero-order valence-corrected chi connectivity index (χ0v) is 19.1. The van der Waals surface area contributed by atoms with Crippen molar-refractivity contribution >= 4 is 56.6 Å². The van der Waals surface area contributed by atoms with E-state index in [9.17, 15) is 9.18 Å². The van der Waals surface area contributed by atoms with E-state index in [1.165, 1.54) is 28.4 Å². The summed E-state index contributed by atoms with van der Waals surface area (Å²) in [5.74, 6) is -0.238. The van der Waals surface area contributed by atoms with Gasteiger partial charge < -0.3 is 14.4 Å². The van der Waals surface area contributed by atoms with Crippen molar-refractivity contribution in [2.75, 3.05) is 45.8 Å². The van der Waals surface area contributed by atoms with Crippen LogP contribution in [0.3, 0.4) is 0 Å². The zero-order valence-electron chi connectivity index (χ0n) is 16.7. The molecule has 1 amide bonds. The number of fused-ring (bicyclic) bond motifs is 1. The number of nitrogens with zero attached hydrogens (tertiary/aromatic N) is 3. The van der Waals surface area contributed by atoms with Crippen molar-refractivity contribution in [3.05, 3.63) is 47.2 Å². The monoisotopic (exact) mass is 473 g/mol. The van der Waals surface area contributed by atoms with Crippen LogP contribution in [0, 0.1) is 5.82 Å². The summed E-state index contributed by atoms with van der Waals surface area (Å²) >= 11 is 7.61. The number of likely N-dealkylation sites (N-methyl/N-ethyl adjacent to an activating group) is 1. The minimum absolute atomic E-state index is 0. The number of methoxy groups -OCH3 is 1. The lowest BCUT2D eigenvalue weighted by atomic mass is 10.3. The lowest BCUT2D eigenvalue weighted by Gasteiger charge is -2.22. The van der Waals surface area contributed by atoms with E-state index < -0.39 is 5.82 Å². The van der Waals surface area contributed by atoms with Crippen molar-refractivity contribution < 1.29 is 18.7 Å². The van der Waals surface area contributed by atoms with Crippen molar-refractivity contribution in [1.82, 2.24) is 9.88 Å². The fraction of sp³-hybridized carbons (Fsp3) is 0.300. The van der Waals surface area contributed by atoms with E-state index in [4.69, 9.17) is 21.1 Å². The highest BCUT2D eigenvalue weighted by molar-refractivity contribution is 7.23. The topological polar surface area (TPSA) is 54.9 Å². The summed E-state index contributed by atoms with van der Waals surface area (Å²) in [7, 11) is 5.38. The summed E-state index contributed by atoms with van der Waals surface area (Å²) < 4.78 is 25.3. The van der Waals surface area contributed by atoms with Gasteiger partial charge in [0.05, 0.1) is 16.8 Å². The largest absolute Gasteiger partial charge is 0.494 e. The number of aromatic nitrogens is 1. The van der Waals surface area contributed by atoms with Crippen LogP contribution in [0.1, 0.15) is 0 Å². The summed E-state index contributed by atoms with van der Waals surface area (Å²) in [6, 6.07) is 9.44. The van der Waals surface area contributed by atoms with Gasteiger partial charge in [-0.25, -0.2) is 9.37 Å². The first-order valence-corrected chi connectivity index (χ1v) is 10.1. The zero-order chi connectivity index (χ0) is 21.0. The molecule has 10 heteroatoms. The molecule has 0 spiro atoms. The van der Waals surface area contributed by atoms with Crippen LogP contribution in [-0.2, 0) is 4.79 Å². The number of ether oxygens (including phenoxy) is 2. The molecule has 0 N–H and O–H groups in total. The lowest BCUT2D eigenvalue weighted by molar-refractivity contribution is -0.120. The van der Waals surface area contributed by atoms with E-state index in [1.807, 2.05) is 19.0 Å². The van der Waals surface area contributed by atoms with Gasteiger partial charge in [-0.05, 0) is 38.4 Å². The van der Waals surface area contributed by atoms with Gasteiger partial charge in [0.25, 0.3) is 5.91 Å². The molecule has 0 bridgehead atoms. The van der Waals surface area contributed by atoms with Crippen LogP contribution in [0.25, 0.3) is 10.2 Å². The highest BCUT2D eigenvalue weighted by atomic mass is 35.5. The van der Waals surface area contributed by atoms with Gasteiger partial charge in [0.15, 0.2) is 23.3 Å². The van der Waals surface area contributed by atoms with Crippen molar-refractivity contribution in [2.24, 2.45) is 0 Å². The van der Waals surface area contributed by atoms with E-state index in [1.54, 1.807) is 31.4 Å². The minimum Gasteiger partial charge on any atom is -0.494 e. The summed E-state index contributed by atoms with van der Waals surface area (Å²) in [5, 5.41) is 1.02. The van der Waals surface area contributed by atoms with Crippen molar-refractivity contribution in [2.45, 2.75) is 0 Å². The Morgan fingerprint density at radius 3 is 2.57 bits per heavy atom. The quantitative estimate of drug-likeness (QED) is 0.482. The molecular formula is C20H22Cl2FN3O3S. The van der Waals surface area contributed by atoms with E-state index in [2.05, 4.69) is 4.98 Å². The molecule has 0 aliphatic carbocycles. The molecule has 0 radical (unpaired) electrons. The average molecular weight is 474 g/mol. The SMILES string of the molecule is COc1ccc(Cl)c2sc(N(CCN(C)C)C(=O)COc3ccccc3F)nc12.Cl. The molecule has 1 aromatic heterocycles. The molecule has 0 aliphatic heterocycles. The maximum atomic E-state index is 13.8. The molecular weight excluding hydrogens is 452 g/mol. The van der Waals surface area contributed by atoms with Gasteiger partial charge in [0.2, 0.25) is 0 Å². The van der Waals surface area contributed by atoms with Gasteiger partial charge in [-0.3, -0.25) is 9.69 Å². The number of carbonyl (C=O) groups is 1. The predicted molar refractivity (Wildman–Crippen MR) is 121 cm³/mol. The Hall–Kier alpha value is -2.13. The standard InChI is InChI=1S/C20H21ClFN3O3S.ClH/c1-24(2)10-11-25(17(26)12-28-15-7-5-4-6-14(15)22)20-23-18-16(27-3)9-8-13(21)19(18)29-20;/h4-9H,10-12H2,1-3H3;1H. The summed E-state index contributed by atoms with van der Waals surface area (Å²) in [6.07, 6.45) is 0. The second kappa shape index (κ2) is 10.8. The number of hydrogen-bond donors (Lipinski definition) is 0. The van der Waals surface area contributed by atoms with Crippen LogP contribution < -0.4 is 14.4 Å². The fourth-order valence-corrected chi connectivity index (χ4v) is 3.93. The third kappa shape index (κ3) is 5.51. The number of hydrogen-bond acceptors (Lipinski definition) is 6. The number of halogens is 3. The van der Waals surface area contributed by atoms with E-state index >= 15 is 0 Å². The van der Waals surface area contributed by atoms with Crippen LogP contribution in [0.4, 0.5) is 9.52 Å².